The minimum Gasteiger partial charge on any atom is -0.391 e. The predicted octanol–water partition coefficient (Wildman–Crippen LogP) is 3.25. The minimum atomic E-state index is -0.393. The average molecular weight is 310 g/mol. The monoisotopic (exact) mass is 310 g/mol. The molecule has 2 amide bonds. The quantitative estimate of drug-likeness (QED) is 0.877. The largest absolute Gasteiger partial charge is 0.391 e. The lowest BCUT2D eigenvalue weighted by molar-refractivity contribution is 0.110. The molecule has 2 N–H and O–H groups in total. The summed E-state index contributed by atoms with van der Waals surface area (Å²) in [5.74, 6) is 0.385. The number of carbonyl (C=O) groups excluding carboxylic acids is 1. The van der Waals surface area contributed by atoms with E-state index in [1.54, 1.807) is 23.3 Å². The van der Waals surface area contributed by atoms with Crippen LogP contribution in [-0.2, 0) is 0 Å². The number of rotatable bonds is 5. The van der Waals surface area contributed by atoms with Gasteiger partial charge in [0, 0.05) is 18.5 Å². The number of likely N-dealkylation sites (N-methyl/N-ethyl adjacent to an activating group) is 1. The first-order valence-electron chi connectivity index (χ1n) is 7.52. The van der Waals surface area contributed by atoms with Gasteiger partial charge in [-0.1, -0.05) is 26.8 Å². The van der Waals surface area contributed by atoms with Gasteiger partial charge in [-0.3, -0.25) is 0 Å². The predicted molar refractivity (Wildman–Crippen MR) is 86.4 cm³/mol. The molecule has 0 aromatic carbocycles. The number of carbonyl (C=O) groups is 1. The maximum Gasteiger partial charge on any atom is 0.317 e. The summed E-state index contributed by atoms with van der Waals surface area (Å²) in [5, 5.41) is 15.1. The highest BCUT2D eigenvalue weighted by Gasteiger charge is 2.33. The van der Waals surface area contributed by atoms with Crippen LogP contribution in [0.25, 0.3) is 0 Å². The van der Waals surface area contributed by atoms with E-state index in [-0.39, 0.29) is 17.5 Å². The summed E-state index contributed by atoms with van der Waals surface area (Å²) in [6, 6.07) is 3.92. The van der Waals surface area contributed by atoms with Gasteiger partial charge in [-0.25, -0.2) is 4.79 Å². The van der Waals surface area contributed by atoms with Crippen LogP contribution in [0.4, 0.5) is 4.79 Å². The molecule has 1 aliphatic rings. The molecule has 0 aliphatic heterocycles. The smallest absolute Gasteiger partial charge is 0.317 e. The van der Waals surface area contributed by atoms with Crippen LogP contribution in [0.2, 0.25) is 0 Å². The molecular weight excluding hydrogens is 284 g/mol. The molecule has 4 nitrogen and oxygen atoms in total. The molecule has 118 valence electrons. The second kappa shape index (κ2) is 6.36. The van der Waals surface area contributed by atoms with Crippen LogP contribution in [0.1, 0.15) is 44.5 Å². The van der Waals surface area contributed by atoms with Crippen LogP contribution in [-0.4, -0.2) is 35.7 Å². The van der Waals surface area contributed by atoms with Gasteiger partial charge in [0.25, 0.3) is 0 Å². The molecule has 0 radical (unpaired) electrons. The Labute approximate surface area is 131 Å². The first-order valence-corrected chi connectivity index (χ1v) is 8.40. The molecule has 1 aromatic heterocycles. The van der Waals surface area contributed by atoms with Crippen molar-refractivity contribution in [1.82, 2.24) is 10.2 Å². The van der Waals surface area contributed by atoms with Gasteiger partial charge < -0.3 is 15.3 Å². The number of aliphatic hydroxyl groups excluding tert-OH is 1. The van der Waals surface area contributed by atoms with Crippen LogP contribution < -0.4 is 5.32 Å². The Balaban J connectivity index is 1.97. The Bertz CT molecular complexity index is 463. The van der Waals surface area contributed by atoms with Gasteiger partial charge in [-0.05, 0) is 35.6 Å². The van der Waals surface area contributed by atoms with E-state index >= 15 is 0 Å². The van der Waals surface area contributed by atoms with Crippen LogP contribution >= 0.6 is 11.3 Å². The number of hydrogen-bond acceptors (Lipinski definition) is 3. The van der Waals surface area contributed by atoms with Gasteiger partial charge in [0.05, 0.1) is 12.1 Å². The molecule has 1 aromatic rings. The summed E-state index contributed by atoms with van der Waals surface area (Å²) in [6.45, 7) is 6.77. The zero-order chi connectivity index (χ0) is 15.6. The number of hydrogen-bond donors (Lipinski definition) is 2. The summed E-state index contributed by atoms with van der Waals surface area (Å²) >= 11 is 1.66. The van der Waals surface area contributed by atoms with Crippen molar-refractivity contribution in [1.29, 1.82) is 0 Å². The highest BCUT2D eigenvalue weighted by atomic mass is 32.1. The van der Waals surface area contributed by atoms with Crippen molar-refractivity contribution in [2.24, 2.45) is 11.3 Å². The van der Waals surface area contributed by atoms with E-state index in [1.807, 2.05) is 11.4 Å². The van der Waals surface area contributed by atoms with Gasteiger partial charge in [0.1, 0.15) is 0 Å². The van der Waals surface area contributed by atoms with Crippen LogP contribution in [0, 0.1) is 11.3 Å². The van der Waals surface area contributed by atoms with Crippen LogP contribution in [0.15, 0.2) is 17.5 Å². The Kier molecular flexibility index (Phi) is 4.94. The lowest BCUT2D eigenvalue weighted by atomic mass is 9.86. The fourth-order valence-electron chi connectivity index (χ4n) is 2.40. The first-order chi connectivity index (χ1) is 9.79. The number of amides is 2. The van der Waals surface area contributed by atoms with E-state index in [1.165, 1.54) is 0 Å². The van der Waals surface area contributed by atoms with Crippen molar-refractivity contribution in [3.8, 4) is 0 Å². The van der Waals surface area contributed by atoms with Crippen molar-refractivity contribution in [3.05, 3.63) is 22.4 Å². The average Bonchev–Trinajstić information content (AvgIpc) is 3.11. The summed E-state index contributed by atoms with van der Waals surface area (Å²) in [7, 11) is 1.75. The molecule has 1 heterocycles. The topological polar surface area (TPSA) is 52.6 Å². The van der Waals surface area contributed by atoms with Gasteiger partial charge in [0.2, 0.25) is 0 Å². The second-order valence-corrected chi connectivity index (χ2v) is 8.03. The molecule has 1 saturated carbocycles. The number of aliphatic hydroxyl groups is 1. The molecule has 21 heavy (non-hydrogen) atoms. The van der Waals surface area contributed by atoms with E-state index in [4.69, 9.17) is 0 Å². The maximum absolute atomic E-state index is 12.4. The summed E-state index contributed by atoms with van der Waals surface area (Å²) in [6.07, 6.45) is 1.77. The Morgan fingerprint density at radius 3 is 2.67 bits per heavy atom. The third-order valence-corrected chi connectivity index (χ3v) is 4.87. The fraction of sp³-hybridized carbons (Fsp3) is 0.688. The number of thiophene rings is 1. The summed E-state index contributed by atoms with van der Waals surface area (Å²) in [5.41, 5.74) is -0.0591. The Morgan fingerprint density at radius 2 is 2.19 bits per heavy atom. The number of nitrogens with one attached hydrogen (secondary N) is 1. The molecule has 5 heteroatoms. The number of nitrogens with zero attached hydrogens (tertiary/aromatic N) is 1. The molecule has 0 spiro atoms. The fourth-order valence-corrected chi connectivity index (χ4v) is 3.42. The third-order valence-electron chi connectivity index (χ3n) is 3.94. The van der Waals surface area contributed by atoms with E-state index in [2.05, 4.69) is 32.2 Å². The van der Waals surface area contributed by atoms with Gasteiger partial charge in [-0.15, -0.1) is 11.3 Å². The number of urea groups is 1. The lowest BCUT2D eigenvalue weighted by Gasteiger charge is -2.32. The third kappa shape index (κ3) is 4.45. The summed E-state index contributed by atoms with van der Waals surface area (Å²) in [4.78, 5) is 15.1. The molecule has 0 saturated heterocycles. The van der Waals surface area contributed by atoms with Gasteiger partial charge >= 0.3 is 6.03 Å². The molecule has 2 rings (SSSR count). The highest BCUT2D eigenvalue weighted by Crippen LogP contribution is 2.35. The van der Waals surface area contributed by atoms with Crippen LogP contribution in [0.3, 0.4) is 0 Å². The normalized spacial score (nSPS) is 18.1. The lowest BCUT2D eigenvalue weighted by Crippen LogP contribution is -2.45. The van der Waals surface area contributed by atoms with E-state index in [9.17, 15) is 9.90 Å². The standard InChI is InChI=1S/C16H26N2O2S/c1-16(2,3)14(13-6-5-9-21-13)17-15(20)18(4)10-12(19)11-7-8-11/h5-6,9,11-12,14,19H,7-8,10H2,1-4H3,(H,17,20). The van der Waals surface area contributed by atoms with E-state index in [0.29, 0.717) is 12.5 Å². The minimum absolute atomic E-state index is 0.0227. The van der Waals surface area contributed by atoms with Crippen molar-refractivity contribution in [2.45, 2.75) is 45.8 Å². The highest BCUT2D eigenvalue weighted by molar-refractivity contribution is 7.10. The van der Waals surface area contributed by atoms with E-state index in [0.717, 1.165) is 17.7 Å². The molecule has 1 fully saturated rings. The zero-order valence-corrected chi connectivity index (χ0v) is 14.1. The molecule has 1 aliphatic carbocycles. The molecule has 2 atom stereocenters. The Hall–Kier alpha value is -1.07. The second-order valence-electron chi connectivity index (χ2n) is 7.05. The Morgan fingerprint density at radius 1 is 1.52 bits per heavy atom. The summed E-state index contributed by atoms with van der Waals surface area (Å²) < 4.78 is 0. The van der Waals surface area contributed by atoms with E-state index < -0.39 is 6.10 Å². The molecule has 0 bridgehead atoms. The van der Waals surface area contributed by atoms with Crippen molar-refractivity contribution in [3.63, 3.8) is 0 Å². The first kappa shape index (κ1) is 16.3. The molecular formula is C16H26N2O2S. The van der Waals surface area contributed by atoms with Gasteiger partial charge in [-0.2, -0.15) is 0 Å². The van der Waals surface area contributed by atoms with Crippen molar-refractivity contribution in [2.75, 3.05) is 13.6 Å². The van der Waals surface area contributed by atoms with Crippen LogP contribution in [0.5, 0.6) is 0 Å². The molecule has 2 unspecified atom stereocenters. The van der Waals surface area contributed by atoms with Crippen molar-refractivity contribution >= 4 is 17.4 Å². The van der Waals surface area contributed by atoms with Crippen molar-refractivity contribution < 1.29 is 9.90 Å². The van der Waals surface area contributed by atoms with Gasteiger partial charge in [0.15, 0.2) is 0 Å². The SMILES string of the molecule is CN(CC(O)C1CC1)C(=O)NC(c1cccs1)C(C)(C)C. The maximum atomic E-state index is 12.4. The zero-order valence-electron chi connectivity index (χ0n) is 13.3.